The molecule has 2 aromatic rings. The highest BCUT2D eigenvalue weighted by atomic mass is 35.5. The van der Waals surface area contributed by atoms with Gasteiger partial charge in [0, 0.05) is 5.02 Å². The van der Waals surface area contributed by atoms with Crippen molar-refractivity contribution in [3.63, 3.8) is 0 Å². The summed E-state index contributed by atoms with van der Waals surface area (Å²) in [5.74, 6) is -0.0222. The van der Waals surface area contributed by atoms with E-state index in [0.717, 1.165) is 4.34 Å². The Morgan fingerprint density at radius 1 is 1.58 bits per heavy atom. The molecule has 1 amide bonds. The second kappa shape index (κ2) is 6.52. The third-order valence-corrected chi connectivity index (χ3v) is 4.14. The summed E-state index contributed by atoms with van der Waals surface area (Å²) in [6, 6.07) is 6.71. The molecule has 2 rings (SSSR count). The highest BCUT2D eigenvalue weighted by Gasteiger charge is 2.09. The van der Waals surface area contributed by atoms with E-state index in [1.807, 2.05) is 6.07 Å². The van der Waals surface area contributed by atoms with Crippen LogP contribution in [-0.4, -0.2) is 21.9 Å². The van der Waals surface area contributed by atoms with E-state index >= 15 is 0 Å². The summed E-state index contributed by atoms with van der Waals surface area (Å²) in [4.78, 5) is 11.8. The van der Waals surface area contributed by atoms with Crippen molar-refractivity contribution in [2.24, 2.45) is 0 Å². The summed E-state index contributed by atoms with van der Waals surface area (Å²) >= 11 is 8.49. The Morgan fingerprint density at radius 3 is 3.11 bits per heavy atom. The molecule has 1 N–H and O–H groups in total. The molecule has 0 bridgehead atoms. The molecule has 19 heavy (non-hydrogen) atoms. The third kappa shape index (κ3) is 3.92. The zero-order valence-electron chi connectivity index (χ0n) is 9.46. The number of carbonyl (C=O) groups is 1. The number of halogens is 1. The van der Waals surface area contributed by atoms with Crippen molar-refractivity contribution in [1.82, 2.24) is 10.2 Å². The van der Waals surface area contributed by atoms with Gasteiger partial charge in [-0.1, -0.05) is 34.7 Å². The van der Waals surface area contributed by atoms with E-state index in [2.05, 4.69) is 15.5 Å². The molecular formula is C11H7ClN4OS2. The van der Waals surface area contributed by atoms with Gasteiger partial charge in [-0.3, -0.25) is 4.79 Å². The van der Waals surface area contributed by atoms with Crippen LogP contribution in [0.3, 0.4) is 0 Å². The topological polar surface area (TPSA) is 78.7 Å². The van der Waals surface area contributed by atoms with Crippen LogP contribution < -0.4 is 5.32 Å². The van der Waals surface area contributed by atoms with Gasteiger partial charge in [-0.05, 0) is 18.2 Å². The molecule has 0 spiro atoms. The highest BCUT2D eigenvalue weighted by Crippen LogP contribution is 2.22. The monoisotopic (exact) mass is 310 g/mol. The van der Waals surface area contributed by atoms with E-state index in [-0.39, 0.29) is 11.7 Å². The minimum Gasteiger partial charge on any atom is -0.324 e. The van der Waals surface area contributed by atoms with Crippen LogP contribution in [0.5, 0.6) is 0 Å². The van der Waals surface area contributed by atoms with Gasteiger partial charge in [-0.25, -0.2) is 0 Å². The Kier molecular flexibility index (Phi) is 4.74. The SMILES string of the molecule is N#Cc1ccc(Cl)cc1NC(=O)CSc1nncs1. The fraction of sp³-hybridized carbons (Fsp3) is 0.0909. The van der Waals surface area contributed by atoms with Crippen LogP contribution in [0, 0.1) is 11.3 Å². The lowest BCUT2D eigenvalue weighted by Gasteiger charge is -2.06. The number of thioether (sulfide) groups is 1. The summed E-state index contributed by atoms with van der Waals surface area (Å²) < 4.78 is 0.724. The molecule has 0 saturated carbocycles. The number of nitrogens with one attached hydrogen (secondary N) is 1. The van der Waals surface area contributed by atoms with Crippen molar-refractivity contribution in [3.8, 4) is 6.07 Å². The zero-order chi connectivity index (χ0) is 13.7. The second-order valence-corrected chi connectivity index (χ2v) is 5.84. The fourth-order valence-electron chi connectivity index (χ4n) is 1.26. The number of nitrogens with zero attached hydrogens (tertiary/aromatic N) is 3. The number of hydrogen-bond donors (Lipinski definition) is 1. The highest BCUT2D eigenvalue weighted by molar-refractivity contribution is 8.01. The fourth-order valence-corrected chi connectivity index (χ4v) is 2.72. The van der Waals surface area contributed by atoms with Crippen molar-refractivity contribution in [2.45, 2.75) is 4.34 Å². The minimum absolute atomic E-state index is 0.201. The van der Waals surface area contributed by atoms with E-state index in [1.54, 1.807) is 23.7 Å². The minimum atomic E-state index is -0.223. The average Bonchev–Trinajstić information content (AvgIpc) is 2.90. The Balaban J connectivity index is 1.99. The number of anilines is 1. The van der Waals surface area contributed by atoms with Crippen molar-refractivity contribution < 1.29 is 4.79 Å². The molecule has 1 heterocycles. The standard InChI is InChI=1S/C11H7ClN4OS2/c12-8-2-1-7(4-13)9(3-8)15-10(17)5-18-11-16-14-6-19-11/h1-3,6H,5H2,(H,15,17). The molecule has 0 saturated heterocycles. The molecule has 0 fully saturated rings. The maximum Gasteiger partial charge on any atom is 0.234 e. The van der Waals surface area contributed by atoms with Gasteiger partial charge in [-0.15, -0.1) is 10.2 Å². The molecule has 0 aliphatic carbocycles. The Morgan fingerprint density at radius 2 is 2.42 bits per heavy atom. The lowest BCUT2D eigenvalue weighted by atomic mass is 10.2. The van der Waals surface area contributed by atoms with E-state index in [9.17, 15) is 4.79 Å². The van der Waals surface area contributed by atoms with Crippen LogP contribution in [0.4, 0.5) is 5.69 Å². The first-order valence-electron chi connectivity index (χ1n) is 5.07. The van der Waals surface area contributed by atoms with Gasteiger partial charge in [-0.2, -0.15) is 5.26 Å². The smallest absolute Gasteiger partial charge is 0.234 e. The van der Waals surface area contributed by atoms with Crippen molar-refractivity contribution in [3.05, 3.63) is 34.3 Å². The predicted octanol–water partition coefficient (Wildman–Crippen LogP) is 2.79. The molecular weight excluding hydrogens is 304 g/mol. The molecule has 0 aliphatic rings. The summed E-state index contributed by atoms with van der Waals surface area (Å²) in [7, 11) is 0. The Hall–Kier alpha value is -1.62. The Bertz CT molecular complexity index is 624. The summed E-state index contributed by atoms with van der Waals surface area (Å²) in [5, 5.41) is 19.6. The zero-order valence-corrected chi connectivity index (χ0v) is 11.8. The van der Waals surface area contributed by atoms with Crippen LogP contribution in [0.2, 0.25) is 5.02 Å². The first-order valence-corrected chi connectivity index (χ1v) is 7.32. The van der Waals surface area contributed by atoms with Gasteiger partial charge >= 0.3 is 0 Å². The third-order valence-electron chi connectivity index (χ3n) is 2.04. The second-order valence-electron chi connectivity index (χ2n) is 3.34. The van der Waals surface area contributed by atoms with E-state index in [0.29, 0.717) is 16.3 Å². The number of hydrogen-bond acceptors (Lipinski definition) is 6. The molecule has 1 aromatic carbocycles. The normalized spacial score (nSPS) is 9.89. The average molecular weight is 311 g/mol. The molecule has 5 nitrogen and oxygen atoms in total. The maximum atomic E-state index is 11.8. The van der Waals surface area contributed by atoms with Crippen molar-refractivity contribution >= 4 is 46.3 Å². The molecule has 8 heteroatoms. The van der Waals surface area contributed by atoms with Gasteiger partial charge in [0.05, 0.1) is 17.0 Å². The van der Waals surface area contributed by atoms with E-state index in [4.69, 9.17) is 16.9 Å². The van der Waals surface area contributed by atoms with Crippen molar-refractivity contribution in [2.75, 3.05) is 11.1 Å². The number of benzene rings is 1. The molecule has 1 aromatic heterocycles. The van der Waals surface area contributed by atoms with Crippen LogP contribution >= 0.6 is 34.7 Å². The number of nitriles is 1. The largest absolute Gasteiger partial charge is 0.324 e. The number of rotatable bonds is 4. The van der Waals surface area contributed by atoms with Crippen LogP contribution in [-0.2, 0) is 4.79 Å². The summed E-state index contributed by atoms with van der Waals surface area (Å²) in [5.41, 5.74) is 2.39. The predicted molar refractivity (Wildman–Crippen MR) is 75.4 cm³/mol. The van der Waals surface area contributed by atoms with Crippen LogP contribution in [0.15, 0.2) is 28.0 Å². The summed E-state index contributed by atoms with van der Waals surface area (Å²) in [6.45, 7) is 0. The van der Waals surface area contributed by atoms with Gasteiger partial charge in [0.15, 0.2) is 4.34 Å². The van der Waals surface area contributed by atoms with Crippen LogP contribution in [0.25, 0.3) is 0 Å². The molecule has 96 valence electrons. The molecule has 0 unspecified atom stereocenters. The maximum absolute atomic E-state index is 11.8. The lowest BCUT2D eigenvalue weighted by molar-refractivity contribution is -0.113. The quantitative estimate of drug-likeness (QED) is 0.878. The number of carbonyl (C=O) groups excluding carboxylic acids is 1. The Labute approximate surface area is 122 Å². The first-order chi connectivity index (χ1) is 9.19. The first kappa shape index (κ1) is 13.8. The molecule has 0 aliphatic heterocycles. The van der Waals surface area contributed by atoms with E-state index < -0.39 is 0 Å². The van der Waals surface area contributed by atoms with Crippen LogP contribution in [0.1, 0.15) is 5.56 Å². The molecule has 0 radical (unpaired) electrons. The van der Waals surface area contributed by atoms with Gasteiger partial charge in [0.1, 0.15) is 11.6 Å². The molecule has 0 atom stereocenters. The lowest BCUT2D eigenvalue weighted by Crippen LogP contribution is -2.14. The van der Waals surface area contributed by atoms with E-state index in [1.165, 1.54) is 23.1 Å². The van der Waals surface area contributed by atoms with Gasteiger partial charge < -0.3 is 5.32 Å². The number of aromatic nitrogens is 2. The van der Waals surface area contributed by atoms with Gasteiger partial charge in [0.2, 0.25) is 5.91 Å². The summed E-state index contributed by atoms with van der Waals surface area (Å²) in [6.07, 6.45) is 0. The van der Waals surface area contributed by atoms with Crippen molar-refractivity contribution in [1.29, 1.82) is 5.26 Å². The van der Waals surface area contributed by atoms with Gasteiger partial charge in [0.25, 0.3) is 0 Å². The number of amides is 1.